The van der Waals surface area contributed by atoms with Crippen LogP contribution in [0, 0.1) is 0 Å². The fourth-order valence-corrected chi connectivity index (χ4v) is 3.08. The van der Waals surface area contributed by atoms with Crippen molar-refractivity contribution in [3.05, 3.63) is 36.4 Å². The van der Waals surface area contributed by atoms with Crippen LogP contribution in [0.25, 0.3) is 10.2 Å². The van der Waals surface area contributed by atoms with Crippen molar-refractivity contribution in [1.82, 2.24) is 14.5 Å². The summed E-state index contributed by atoms with van der Waals surface area (Å²) in [7, 11) is 2.01. The highest BCUT2D eigenvalue weighted by Gasteiger charge is 2.05. The number of nitrogens with one attached hydrogen (secondary N) is 1. The molecule has 0 aliphatic heterocycles. The van der Waals surface area contributed by atoms with E-state index in [0.29, 0.717) is 6.61 Å². The first-order valence-corrected chi connectivity index (χ1v) is 7.81. The third-order valence-corrected chi connectivity index (χ3v) is 4.19. The molecule has 0 atom stereocenters. The molecule has 0 amide bonds. The summed E-state index contributed by atoms with van der Waals surface area (Å²) < 4.78 is 8.69. The van der Waals surface area contributed by atoms with Crippen LogP contribution in [0.3, 0.4) is 0 Å². The Labute approximate surface area is 127 Å². The first-order chi connectivity index (χ1) is 10.3. The van der Waals surface area contributed by atoms with Crippen molar-refractivity contribution in [3.63, 3.8) is 0 Å². The number of anilines is 1. The number of nitrogens with zero attached hydrogens (tertiary/aromatic N) is 3. The van der Waals surface area contributed by atoms with Gasteiger partial charge in [0.25, 0.3) is 0 Å². The van der Waals surface area contributed by atoms with Crippen molar-refractivity contribution < 1.29 is 4.74 Å². The van der Waals surface area contributed by atoms with E-state index in [9.17, 15) is 0 Å². The lowest BCUT2D eigenvalue weighted by Gasteiger charge is -2.02. The highest BCUT2D eigenvalue weighted by molar-refractivity contribution is 7.22. The molecule has 21 heavy (non-hydrogen) atoms. The first-order valence-electron chi connectivity index (χ1n) is 6.99. The monoisotopic (exact) mass is 302 g/mol. The quantitative estimate of drug-likeness (QED) is 0.760. The van der Waals surface area contributed by atoms with Crippen molar-refractivity contribution in [1.29, 1.82) is 0 Å². The summed E-state index contributed by atoms with van der Waals surface area (Å²) in [6.45, 7) is 3.49. The third-order valence-electron chi connectivity index (χ3n) is 3.22. The molecule has 1 N–H and O–H groups in total. The minimum absolute atomic E-state index is 0.680. The molecule has 0 fully saturated rings. The molecule has 0 spiro atoms. The van der Waals surface area contributed by atoms with Crippen LogP contribution in [-0.4, -0.2) is 27.7 Å². The molecule has 3 aromatic rings. The summed E-state index contributed by atoms with van der Waals surface area (Å²) >= 11 is 1.65. The van der Waals surface area contributed by atoms with E-state index in [2.05, 4.69) is 15.3 Å². The molecule has 0 saturated carbocycles. The topological polar surface area (TPSA) is 52.0 Å². The second-order valence-corrected chi connectivity index (χ2v) is 5.74. The highest BCUT2D eigenvalue weighted by atomic mass is 32.1. The van der Waals surface area contributed by atoms with Gasteiger partial charge >= 0.3 is 0 Å². The molecule has 0 aliphatic carbocycles. The lowest BCUT2D eigenvalue weighted by Crippen LogP contribution is -2.08. The maximum Gasteiger partial charge on any atom is 0.183 e. The SMILES string of the molecule is CCOc1ccc2nc(NCCc3nccn3C)sc2c1. The maximum atomic E-state index is 5.51. The second-order valence-electron chi connectivity index (χ2n) is 4.71. The van der Waals surface area contributed by atoms with Gasteiger partial charge in [-0.3, -0.25) is 0 Å². The normalized spacial score (nSPS) is 11.0. The van der Waals surface area contributed by atoms with Gasteiger partial charge in [0.2, 0.25) is 0 Å². The van der Waals surface area contributed by atoms with E-state index in [0.717, 1.165) is 39.9 Å². The molecule has 0 bridgehead atoms. The lowest BCUT2D eigenvalue weighted by atomic mass is 10.3. The molecule has 110 valence electrons. The Morgan fingerprint density at radius 3 is 3.05 bits per heavy atom. The second kappa shape index (κ2) is 6.13. The van der Waals surface area contributed by atoms with Crippen LogP contribution >= 0.6 is 11.3 Å². The van der Waals surface area contributed by atoms with Crippen LogP contribution in [0.1, 0.15) is 12.7 Å². The zero-order valence-electron chi connectivity index (χ0n) is 12.2. The number of aryl methyl sites for hydroxylation is 1. The van der Waals surface area contributed by atoms with Gasteiger partial charge in [-0.25, -0.2) is 9.97 Å². The molecule has 3 rings (SSSR count). The van der Waals surface area contributed by atoms with Gasteiger partial charge in [-0.15, -0.1) is 0 Å². The Morgan fingerprint density at radius 2 is 2.29 bits per heavy atom. The van der Waals surface area contributed by atoms with Crippen molar-refractivity contribution >= 4 is 26.7 Å². The average molecular weight is 302 g/mol. The van der Waals surface area contributed by atoms with Crippen LogP contribution in [0.4, 0.5) is 5.13 Å². The largest absolute Gasteiger partial charge is 0.494 e. The molecule has 2 heterocycles. The molecule has 0 unspecified atom stereocenters. The summed E-state index contributed by atoms with van der Waals surface area (Å²) in [4.78, 5) is 8.89. The summed E-state index contributed by atoms with van der Waals surface area (Å²) in [5.74, 6) is 1.97. The van der Waals surface area contributed by atoms with E-state index < -0.39 is 0 Å². The number of ether oxygens (including phenoxy) is 1. The number of imidazole rings is 1. The van der Waals surface area contributed by atoms with E-state index in [1.54, 1.807) is 11.3 Å². The number of benzene rings is 1. The molecule has 5 nitrogen and oxygen atoms in total. The van der Waals surface area contributed by atoms with Crippen LogP contribution in [0.2, 0.25) is 0 Å². The Balaban J connectivity index is 1.65. The van der Waals surface area contributed by atoms with Gasteiger partial charge in [0.15, 0.2) is 5.13 Å². The standard InChI is InChI=1S/C15H18N4OS/c1-3-20-11-4-5-12-13(10-11)21-15(18-12)17-7-6-14-16-8-9-19(14)2/h4-5,8-10H,3,6-7H2,1-2H3,(H,17,18). The molecule has 0 radical (unpaired) electrons. The van der Waals surface area contributed by atoms with Crippen molar-refractivity contribution in [2.45, 2.75) is 13.3 Å². The molecular weight excluding hydrogens is 284 g/mol. The van der Waals surface area contributed by atoms with E-state index >= 15 is 0 Å². The van der Waals surface area contributed by atoms with Crippen LogP contribution < -0.4 is 10.1 Å². The molecule has 1 aromatic carbocycles. The van der Waals surface area contributed by atoms with Gasteiger partial charge in [0.05, 0.1) is 16.8 Å². The van der Waals surface area contributed by atoms with Gasteiger partial charge in [0.1, 0.15) is 11.6 Å². The summed E-state index contributed by atoms with van der Waals surface area (Å²) in [6.07, 6.45) is 4.66. The fourth-order valence-electron chi connectivity index (χ4n) is 2.16. The zero-order chi connectivity index (χ0) is 14.7. The van der Waals surface area contributed by atoms with E-state index in [-0.39, 0.29) is 0 Å². The Kier molecular flexibility index (Phi) is 4.06. The third kappa shape index (κ3) is 3.16. The molecular formula is C15H18N4OS. The van der Waals surface area contributed by atoms with Crippen LogP contribution in [-0.2, 0) is 13.5 Å². The van der Waals surface area contributed by atoms with Gasteiger partial charge < -0.3 is 14.6 Å². The number of rotatable bonds is 6. The van der Waals surface area contributed by atoms with Crippen molar-refractivity contribution in [2.75, 3.05) is 18.5 Å². The Hall–Kier alpha value is -2.08. The zero-order valence-corrected chi connectivity index (χ0v) is 13.0. The molecule has 2 aromatic heterocycles. The van der Waals surface area contributed by atoms with Gasteiger partial charge in [-0.05, 0) is 25.1 Å². The predicted octanol–water partition coefficient (Wildman–Crippen LogP) is 3.08. The van der Waals surface area contributed by atoms with E-state index in [1.165, 1.54) is 0 Å². The highest BCUT2D eigenvalue weighted by Crippen LogP contribution is 2.29. The Bertz CT molecular complexity index is 734. The number of hydrogen-bond donors (Lipinski definition) is 1. The smallest absolute Gasteiger partial charge is 0.183 e. The first kappa shape index (κ1) is 13.9. The van der Waals surface area contributed by atoms with E-state index in [4.69, 9.17) is 4.74 Å². The minimum Gasteiger partial charge on any atom is -0.494 e. The maximum absolute atomic E-state index is 5.51. The van der Waals surface area contributed by atoms with E-state index in [1.807, 2.05) is 49.1 Å². The number of hydrogen-bond acceptors (Lipinski definition) is 5. The van der Waals surface area contributed by atoms with Crippen molar-refractivity contribution in [3.8, 4) is 5.75 Å². The summed E-state index contributed by atoms with van der Waals surface area (Å²) in [5.41, 5.74) is 1.00. The molecule has 0 saturated heterocycles. The molecule has 6 heteroatoms. The fraction of sp³-hybridized carbons (Fsp3) is 0.333. The van der Waals surface area contributed by atoms with Crippen LogP contribution in [0.15, 0.2) is 30.6 Å². The van der Waals surface area contributed by atoms with Gasteiger partial charge in [-0.1, -0.05) is 11.3 Å². The van der Waals surface area contributed by atoms with Crippen LogP contribution in [0.5, 0.6) is 5.75 Å². The lowest BCUT2D eigenvalue weighted by molar-refractivity contribution is 0.341. The average Bonchev–Trinajstić information content (AvgIpc) is 3.05. The van der Waals surface area contributed by atoms with Gasteiger partial charge in [-0.2, -0.15) is 0 Å². The number of thiazole rings is 1. The van der Waals surface area contributed by atoms with Gasteiger partial charge in [0, 0.05) is 32.4 Å². The minimum atomic E-state index is 0.680. The summed E-state index contributed by atoms with van der Waals surface area (Å²) in [5, 5.41) is 4.30. The molecule has 0 aliphatic rings. The Morgan fingerprint density at radius 1 is 1.38 bits per heavy atom. The number of fused-ring (bicyclic) bond motifs is 1. The number of aromatic nitrogens is 3. The predicted molar refractivity (Wildman–Crippen MR) is 86.2 cm³/mol. The summed E-state index contributed by atoms with van der Waals surface area (Å²) in [6, 6.07) is 6.00. The van der Waals surface area contributed by atoms with Crippen molar-refractivity contribution in [2.24, 2.45) is 7.05 Å².